The van der Waals surface area contributed by atoms with Gasteiger partial charge in [0.1, 0.15) is 11.6 Å². The maximum atomic E-state index is 14.4. The summed E-state index contributed by atoms with van der Waals surface area (Å²) in [6.07, 6.45) is 2.20. The number of carboxylic acids is 1. The molecule has 4 N–H and O–H groups in total. The zero-order valence-corrected chi connectivity index (χ0v) is 16.3. The minimum absolute atomic E-state index is 0.0446. The third-order valence-electron chi connectivity index (χ3n) is 5.43. The average molecular weight is 409 g/mol. The van der Waals surface area contributed by atoms with Crippen molar-refractivity contribution in [3.63, 3.8) is 0 Å². The Morgan fingerprint density at radius 3 is 2.60 bits per heavy atom. The number of hydrogen-bond donors (Lipinski definition) is 3. The van der Waals surface area contributed by atoms with E-state index in [-0.39, 0.29) is 18.4 Å². The lowest BCUT2D eigenvalue weighted by Crippen LogP contribution is -2.05. The molecule has 1 fully saturated rings. The molecule has 0 unspecified atom stereocenters. The summed E-state index contributed by atoms with van der Waals surface area (Å²) in [7, 11) is 0. The summed E-state index contributed by atoms with van der Waals surface area (Å²) in [5.41, 5.74) is 9.85. The van der Waals surface area contributed by atoms with E-state index in [0.717, 1.165) is 17.3 Å². The predicted molar refractivity (Wildman–Crippen MR) is 111 cm³/mol. The van der Waals surface area contributed by atoms with Gasteiger partial charge in [0.2, 0.25) is 0 Å². The highest BCUT2D eigenvalue weighted by atomic mass is 19.1. The summed E-state index contributed by atoms with van der Waals surface area (Å²) in [5, 5.41) is 12.1. The smallest absolute Gasteiger partial charge is 0.307 e. The van der Waals surface area contributed by atoms with Gasteiger partial charge in [0.15, 0.2) is 0 Å². The van der Waals surface area contributed by atoms with E-state index in [4.69, 9.17) is 10.8 Å². The van der Waals surface area contributed by atoms with Crippen molar-refractivity contribution in [2.75, 3.05) is 11.1 Å². The number of carboxylic acid groups (broad SMARTS) is 1. The van der Waals surface area contributed by atoms with Gasteiger partial charge in [0.05, 0.1) is 17.8 Å². The molecule has 0 aliphatic heterocycles. The van der Waals surface area contributed by atoms with Crippen molar-refractivity contribution in [2.24, 2.45) is 5.92 Å². The molecule has 1 saturated carbocycles. The highest BCUT2D eigenvalue weighted by molar-refractivity contribution is 5.75. The number of hydrogen-bond acceptors (Lipinski definition) is 4. The second kappa shape index (κ2) is 7.74. The first kappa shape index (κ1) is 19.8. The number of nitrogen functional groups attached to an aromatic ring is 1. The van der Waals surface area contributed by atoms with Crippen molar-refractivity contribution in [3.8, 4) is 11.1 Å². The fourth-order valence-corrected chi connectivity index (χ4v) is 3.65. The fourth-order valence-electron chi connectivity index (χ4n) is 3.65. The van der Waals surface area contributed by atoms with Crippen LogP contribution in [0, 0.1) is 24.5 Å². The van der Waals surface area contributed by atoms with Crippen LogP contribution in [0.15, 0.2) is 48.7 Å². The maximum Gasteiger partial charge on any atom is 0.307 e. The number of aliphatic carboxylic acids is 1. The van der Waals surface area contributed by atoms with E-state index in [1.807, 2.05) is 6.92 Å². The zero-order valence-electron chi connectivity index (χ0n) is 16.3. The Morgan fingerprint density at radius 2 is 1.97 bits per heavy atom. The number of anilines is 2. The number of rotatable bonds is 6. The van der Waals surface area contributed by atoms with Gasteiger partial charge < -0.3 is 16.2 Å². The van der Waals surface area contributed by atoms with E-state index in [9.17, 15) is 13.6 Å². The molecule has 1 heterocycles. The second-order valence-electron chi connectivity index (χ2n) is 7.61. The van der Waals surface area contributed by atoms with Gasteiger partial charge in [-0.05, 0) is 54.8 Å². The van der Waals surface area contributed by atoms with Crippen LogP contribution < -0.4 is 11.1 Å². The monoisotopic (exact) mass is 409 g/mol. The van der Waals surface area contributed by atoms with E-state index in [1.165, 1.54) is 6.07 Å². The van der Waals surface area contributed by atoms with Crippen molar-refractivity contribution in [1.29, 1.82) is 0 Å². The van der Waals surface area contributed by atoms with Crippen molar-refractivity contribution in [1.82, 2.24) is 4.98 Å². The summed E-state index contributed by atoms with van der Waals surface area (Å²) in [5.74, 6) is -2.48. The molecule has 0 spiro atoms. The number of nitrogens with two attached hydrogens (primary N) is 1. The van der Waals surface area contributed by atoms with Crippen LogP contribution in [0.3, 0.4) is 0 Å². The number of pyridine rings is 1. The number of nitrogens with one attached hydrogen (secondary N) is 1. The first-order chi connectivity index (χ1) is 14.3. The summed E-state index contributed by atoms with van der Waals surface area (Å²) >= 11 is 0. The topological polar surface area (TPSA) is 88.2 Å². The van der Waals surface area contributed by atoms with Gasteiger partial charge in [-0.2, -0.15) is 0 Å². The number of aromatic nitrogens is 1. The van der Waals surface area contributed by atoms with Crippen molar-refractivity contribution in [3.05, 3.63) is 77.1 Å². The zero-order chi connectivity index (χ0) is 21.4. The van der Waals surface area contributed by atoms with Crippen LogP contribution >= 0.6 is 0 Å². The molecule has 0 amide bonds. The Morgan fingerprint density at radius 1 is 1.17 bits per heavy atom. The molecule has 3 aromatic rings. The Kier molecular flexibility index (Phi) is 5.11. The largest absolute Gasteiger partial charge is 0.481 e. The fraction of sp³-hybridized carbons (Fsp3) is 0.217. The van der Waals surface area contributed by atoms with E-state index >= 15 is 0 Å². The van der Waals surface area contributed by atoms with E-state index in [0.29, 0.717) is 34.5 Å². The standard InChI is InChI=1S/C23H21F2N3O2/c1-12-6-14(26)2-4-16(12)17-7-13(20(24)9-21(17)25)10-27-15-3-5-22(28-11-15)18-8-19(18)23(29)30/h2-7,9,11,18-19,27H,8,10,26H2,1H3,(H,29,30)/t18-,19-/m1/s1. The molecule has 2 atom stereocenters. The SMILES string of the molecule is Cc1cc(N)ccc1-c1cc(CNc2ccc([C@@H]3C[C@H]3C(=O)O)nc2)c(F)cc1F. The number of halogens is 2. The predicted octanol–water partition coefficient (Wildman–Crippen LogP) is 4.72. The van der Waals surface area contributed by atoms with Gasteiger partial charge in [0.25, 0.3) is 0 Å². The lowest BCUT2D eigenvalue weighted by Gasteiger charge is -2.13. The van der Waals surface area contributed by atoms with E-state index in [2.05, 4.69) is 10.3 Å². The normalized spacial score (nSPS) is 17.6. The first-order valence-electron chi connectivity index (χ1n) is 9.60. The molecule has 0 bridgehead atoms. The summed E-state index contributed by atoms with van der Waals surface area (Å²) in [6, 6.07) is 11.1. The highest BCUT2D eigenvalue weighted by Crippen LogP contribution is 2.46. The summed E-state index contributed by atoms with van der Waals surface area (Å²) < 4.78 is 28.8. The van der Waals surface area contributed by atoms with Crippen LogP contribution in [0.5, 0.6) is 0 Å². The van der Waals surface area contributed by atoms with Crippen molar-refractivity contribution >= 4 is 17.3 Å². The Bertz CT molecular complexity index is 1120. The molecular formula is C23H21F2N3O2. The van der Waals surface area contributed by atoms with Gasteiger partial charge in [-0.25, -0.2) is 8.78 Å². The molecule has 154 valence electrons. The lowest BCUT2D eigenvalue weighted by atomic mass is 9.97. The quantitative estimate of drug-likeness (QED) is 0.513. The molecule has 2 aromatic carbocycles. The molecule has 5 nitrogen and oxygen atoms in total. The van der Waals surface area contributed by atoms with Crippen molar-refractivity contribution < 1.29 is 18.7 Å². The van der Waals surface area contributed by atoms with Crippen LogP contribution in [0.1, 0.15) is 29.2 Å². The third-order valence-corrected chi connectivity index (χ3v) is 5.43. The molecule has 1 aliphatic carbocycles. The molecule has 0 radical (unpaired) electrons. The summed E-state index contributed by atoms with van der Waals surface area (Å²) in [6.45, 7) is 1.98. The Labute approximate surface area is 172 Å². The Balaban J connectivity index is 1.50. The van der Waals surface area contributed by atoms with Crippen molar-refractivity contribution in [2.45, 2.75) is 25.8 Å². The van der Waals surface area contributed by atoms with Crippen LogP contribution in [0.25, 0.3) is 11.1 Å². The minimum atomic E-state index is -0.803. The van der Waals surface area contributed by atoms with Gasteiger partial charge in [-0.3, -0.25) is 9.78 Å². The van der Waals surface area contributed by atoms with Crippen LogP contribution in [-0.4, -0.2) is 16.1 Å². The van der Waals surface area contributed by atoms with Crippen LogP contribution in [0.4, 0.5) is 20.2 Å². The number of benzene rings is 2. The summed E-state index contributed by atoms with van der Waals surface area (Å²) in [4.78, 5) is 15.3. The van der Waals surface area contributed by atoms with Crippen LogP contribution in [-0.2, 0) is 11.3 Å². The highest BCUT2D eigenvalue weighted by Gasteiger charge is 2.45. The van der Waals surface area contributed by atoms with E-state index in [1.54, 1.807) is 36.5 Å². The minimum Gasteiger partial charge on any atom is -0.481 e. The first-order valence-corrected chi connectivity index (χ1v) is 9.60. The molecule has 7 heteroatoms. The number of aryl methyl sites for hydroxylation is 1. The molecule has 1 aromatic heterocycles. The average Bonchev–Trinajstić information content (AvgIpc) is 3.50. The molecule has 0 saturated heterocycles. The molecule has 30 heavy (non-hydrogen) atoms. The van der Waals surface area contributed by atoms with Gasteiger partial charge in [0, 0.05) is 41.0 Å². The van der Waals surface area contributed by atoms with Crippen LogP contribution in [0.2, 0.25) is 0 Å². The molecule has 1 aliphatic rings. The lowest BCUT2D eigenvalue weighted by molar-refractivity contribution is -0.138. The van der Waals surface area contributed by atoms with Gasteiger partial charge in [-0.15, -0.1) is 0 Å². The maximum absolute atomic E-state index is 14.4. The molecular weight excluding hydrogens is 388 g/mol. The van der Waals surface area contributed by atoms with Gasteiger partial charge in [-0.1, -0.05) is 6.07 Å². The number of carbonyl (C=O) groups is 1. The van der Waals surface area contributed by atoms with E-state index < -0.39 is 17.6 Å². The number of nitrogens with zero attached hydrogens (tertiary/aromatic N) is 1. The second-order valence-corrected chi connectivity index (χ2v) is 7.61. The molecule has 4 rings (SSSR count). The van der Waals surface area contributed by atoms with Gasteiger partial charge >= 0.3 is 5.97 Å². The Hall–Kier alpha value is -3.48. The third kappa shape index (κ3) is 3.96.